The number of nitrogens with one attached hydrogen (secondary N) is 3. The molecule has 7 rings (SSSR count). The number of fused-ring (bicyclic) bond motifs is 2. The maximum atomic E-state index is 16.1. The summed E-state index contributed by atoms with van der Waals surface area (Å²) in [4.78, 5) is 46.8. The number of rotatable bonds is 6. The highest BCUT2D eigenvalue weighted by molar-refractivity contribution is 7.17. The minimum atomic E-state index is -0.618. The van der Waals surface area contributed by atoms with Crippen molar-refractivity contribution in [2.45, 2.75) is 6.92 Å². The zero-order valence-corrected chi connectivity index (χ0v) is 22.7. The molecule has 0 atom stereocenters. The number of amides is 1. The Morgan fingerprint density at radius 1 is 0.929 bits per heavy atom. The Morgan fingerprint density at radius 3 is 2.60 bits per heavy atom. The maximum absolute atomic E-state index is 16.1. The number of aromatic nitrogens is 7. The molecule has 0 aliphatic heterocycles. The first kappa shape index (κ1) is 25.4. The van der Waals surface area contributed by atoms with E-state index in [2.05, 4.69) is 35.5 Å². The molecule has 0 aliphatic carbocycles. The quantitative estimate of drug-likeness (QED) is 0.198. The summed E-state index contributed by atoms with van der Waals surface area (Å²) in [5, 5.41) is 10.2. The SMILES string of the molecule is CC(=O)c1ccc(-c2nccc3[nH]c(-c4n[nH]c5cnc(-c6cncc(NC(=O)c7ccccc7)c6)c(F)c45)nc23)s1. The van der Waals surface area contributed by atoms with Gasteiger partial charge in [0.15, 0.2) is 17.4 Å². The minimum Gasteiger partial charge on any atom is -0.336 e. The smallest absolute Gasteiger partial charge is 0.255 e. The molecule has 0 spiro atoms. The molecule has 0 radical (unpaired) electrons. The molecule has 7 aromatic rings. The van der Waals surface area contributed by atoms with Gasteiger partial charge in [0.05, 0.1) is 44.3 Å². The summed E-state index contributed by atoms with van der Waals surface area (Å²) >= 11 is 1.34. The molecule has 12 heteroatoms. The van der Waals surface area contributed by atoms with Crippen molar-refractivity contribution in [3.05, 3.63) is 95.6 Å². The van der Waals surface area contributed by atoms with Gasteiger partial charge in [-0.2, -0.15) is 5.10 Å². The summed E-state index contributed by atoms with van der Waals surface area (Å²) < 4.78 is 16.1. The van der Waals surface area contributed by atoms with Crippen molar-refractivity contribution >= 4 is 50.7 Å². The third kappa shape index (κ3) is 4.39. The van der Waals surface area contributed by atoms with Crippen LogP contribution >= 0.6 is 11.3 Å². The van der Waals surface area contributed by atoms with Crippen LogP contribution < -0.4 is 5.32 Å². The molecule has 0 aliphatic rings. The molecular formula is C30H19FN8O2S. The summed E-state index contributed by atoms with van der Waals surface area (Å²) in [5.74, 6) is -0.614. The molecule has 6 heterocycles. The minimum absolute atomic E-state index is 0.0247. The van der Waals surface area contributed by atoms with Gasteiger partial charge in [-0.15, -0.1) is 11.3 Å². The highest BCUT2D eigenvalue weighted by atomic mass is 32.1. The second kappa shape index (κ2) is 10.1. The van der Waals surface area contributed by atoms with E-state index in [1.54, 1.807) is 48.7 Å². The molecule has 6 aromatic heterocycles. The highest BCUT2D eigenvalue weighted by Crippen LogP contribution is 2.35. The van der Waals surface area contributed by atoms with Crippen molar-refractivity contribution in [3.63, 3.8) is 0 Å². The van der Waals surface area contributed by atoms with Crippen LogP contribution in [-0.2, 0) is 0 Å². The Balaban J connectivity index is 1.27. The van der Waals surface area contributed by atoms with Crippen molar-refractivity contribution in [2.75, 3.05) is 5.32 Å². The van der Waals surface area contributed by atoms with Gasteiger partial charge in [0.1, 0.15) is 22.6 Å². The number of aromatic amines is 2. The number of carbonyl (C=O) groups is 2. The van der Waals surface area contributed by atoms with E-state index in [1.165, 1.54) is 36.9 Å². The number of hydrogen-bond acceptors (Lipinski definition) is 8. The zero-order valence-electron chi connectivity index (χ0n) is 21.8. The van der Waals surface area contributed by atoms with Gasteiger partial charge in [-0.25, -0.2) is 9.37 Å². The van der Waals surface area contributed by atoms with Crippen LogP contribution in [-0.4, -0.2) is 46.8 Å². The van der Waals surface area contributed by atoms with E-state index < -0.39 is 5.82 Å². The molecule has 0 bridgehead atoms. The van der Waals surface area contributed by atoms with E-state index in [9.17, 15) is 9.59 Å². The number of benzene rings is 1. The predicted octanol–water partition coefficient (Wildman–Crippen LogP) is 6.28. The van der Waals surface area contributed by atoms with Crippen LogP contribution in [0, 0.1) is 5.82 Å². The second-order valence-electron chi connectivity index (χ2n) is 9.43. The summed E-state index contributed by atoms with van der Waals surface area (Å²) in [5.41, 5.74) is 3.82. The number of thiophene rings is 1. The topological polar surface area (TPSA) is 142 Å². The number of hydrogen-bond donors (Lipinski definition) is 3. The lowest BCUT2D eigenvalue weighted by atomic mass is 10.1. The number of imidazole rings is 1. The first-order valence-corrected chi connectivity index (χ1v) is 13.6. The van der Waals surface area contributed by atoms with Crippen LogP contribution in [0.5, 0.6) is 0 Å². The number of carbonyl (C=O) groups excluding carboxylic acids is 2. The standard InChI is InChI=1S/C30H19FN8O2S/c1-15(40)21-7-8-22(42-21)27-26-19(9-10-33-27)36-29(37-26)28-23-20(38-39-28)14-34-25(24(23)31)17-11-18(13-32-12-17)35-30(41)16-5-3-2-4-6-16/h2-14H,1H3,(H,35,41)(H,36,37)(H,38,39). The van der Waals surface area contributed by atoms with Gasteiger partial charge in [0, 0.05) is 23.5 Å². The Bertz CT molecular complexity index is 2150. The van der Waals surface area contributed by atoms with Gasteiger partial charge in [-0.05, 0) is 43.3 Å². The number of Topliss-reactive ketones (excluding diaryl/α,β-unsaturated/α-hetero) is 1. The predicted molar refractivity (Wildman–Crippen MR) is 158 cm³/mol. The molecule has 0 saturated carbocycles. The molecule has 42 heavy (non-hydrogen) atoms. The van der Waals surface area contributed by atoms with E-state index in [4.69, 9.17) is 4.98 Å². The number of anilines is 1. The van der Waals surface area contributed by atoms with E-state index in [0.29, 0.717) is 49.8 Å². The fourth-order valence-electron chi connectivity index (χ4n) is 4.66. The normalized spacial score (nSPS) is 11.3. The fraction of sp³-hybridized carbons (Fsp3) is 0.0333. The molecule has 0 unspecified atom stereocenters. The monoisotopic (exact) mass is 574 g/mol. The van der Waals surface area contributed by atoms with E-state index >= 15 is 4.39 Å². The fourth-order valence-corrected chi connectivity index (χ4v) is 5.56. The lowest BCUT2D eigenvalue weighted by Crippen LogP contribution is -2.11. The largest absolute Gasteiger partial charge is 0.336 e. The van der Waals surface area contributed by atoms with Crippen molar-refractivity contribution in [1.82, 2.24) is 35.1 Å². The number of nitrogens with zero attached hydrogens (tertiary/aromatic N) is 5. The van der Waals surface area contributed by atoms with Crippen LogP contribution in [0.25, 0.3) is 55.3 Å². The average molecular weight is 575 g/mol. The second-order valence-corrected chi connectivity index (χ2v) is 10.5. The Hall–Kier alpha value is -5.62. The first-order chi connectivity index (χ1) is 20.5. The van der Waals surface area contributed by atoms with E-state index in [0.717, 1.165) is 4.88 Å². The van der Waals surface area contributed by atoms with Crippen molar-refractivity contribution in [2.24, 2.45) is 0 Å². The molecule has 10 nitrogen and oxygen atoms in total. The van der Waals surface area contributed by atoms with Crippen LogP contribution in [0.4, 0.5) is 10.1 Å². The molecular weight excluding hydrogens is 555 g/mol. The van der Waals surface area contributed by atoms with Gasteiger partial charge < -0.3 is 10.3 Å². The van der Waals surface area contributed by atoms with Crippen molar-refractivity contribution in [1.29, 1.82) is 0 Å². The number of pyridine rings is 3. The number of H-pyrrole nitrogens is 2. The Kier molecular flexibility index (Phi) is 6.09. The molecule has 3 N–H and O–H groups in total. The number of ketones is 1. The summed E-state index contributed by atoms with van der Waals surface area (Å²) in [6.07, 6.45) is 6.10. The van der Waals surface area contributed by atoms with Gasteiger partial charge >= 0.3 is 0 Å². The van der Waals surface area contributed by atoms with Crippen LogP contribution in [0.1, 0.15) is 27.0 Å². The summed E-state index contributed by atoms with van der Waals surface area (Å²) in [6.45, 7) is 1.52. The van der Waals surface area contributed by atoms with E-state index in [-0.39, 0.29) is 28.5 Å². The van der Waals surface area contributed by atoms with Crippen LogP contribution in [0.2, 0.25) is 0 Å². The lowest BCUT2D eigenvalue weighted by Gasteiger charge is -2.08. The zero-order chi connectivity index (χ0) is 28.8. The Morgan fingerprint density at radius 2 is 1.79 bits per heavy atom. The molecule has 0 fully saturated rings. The molecule has 204 valence electrons. The van der Waals surface area contributed by atoms with Gasteiger partial charge in [0.25, 0.3) is 5.91 Å². The van der Waals surface area contributed by atoms with Gasteiger partial charge in [0.2, 0.25) is 0 Å². The summed E-state index contributed by atoms with van der Waals surface area (Å²) in [6, 6.07) is 15.7. The Labute approximate surface area is 240 Å². The molecule has 1 amide bonds. The summed E-state index contributed by atoms with van der Waals surface area (Å²) in [7, 11) is 0. The highest BCUT2D eigenvalue weighted by Gasteiger charge is 2.22. The van der Waals surface area contributed by atoms with Crippen LogP contribution in [0.3, 0.4) is 0 Å². The maximum Gasteiger partial charge on any atom is 0.255 e. The average Bonchev–Trinajstić information content (AvgIpc) is 3.76. The van der Waals surface area contributed by atoms with E-state index in [1.807, 2.05) is 12.1 Å². The third-order valence-electron chi connectivity index (χ3n) is 6.66. The van der Waals surface area contributed by atoms with Crippen molar-refractivity contribution < 1.29 is 14.0 Å². The first-order valence-electron chi connectivity index (χ1n) is 12.8. The van der Waals surface area contributed by atoms with Gasteiger partial charge in [-0.1, -0.05) is 18.2 Å². The van der Waals surface area contributed by atoms with Crippen LogP contribution in [0.15, 0.2) is 79.4 Å². The van der Waals surface area contributed by atoms with Crippen molar-refractivity contribution in [3.8, 4) is 33.3 Å². The third-order valence-corrected chi connectivity index (χ3v) is 7.85. The molecule has 1 aromatic carbocycles. The lowest BCUT2D eigenvalue weighted by molar-refractivity contribution is 0.101. The van der Waals surface area contributed by atoms with Gasteiger partial charge in [-0.3, -0.25) is 29.6 Å². The number of halogens is 1. The molecule has 0 saturated heterocycles.